The molecule has 2 aliphatic rings. The van der Waals surface area contributed by atoms with E-state index in [1.807, 2.05) is 11.0 Å². The van der Waals surface area contributed by atoms with Gasteiger partial charge in [0.05, 0.1) is 17.9 Å². The van der Waals surface area contributed by atoms with Gasteiger partial charge in [-0.1, -0.05) is 22.4 Å². The Bertz CT molecular complexity index is 788. The number of anilines is 1. The lowest BCUT2D eigenvalue weighted by molar-refractivity contribution is 0.0527. The summed E-state index contributed by atoms with van der Waals surface area (Å²) in [6, 6.07) is 3.59. The van der Waals surface area contributed by atoms with Crippen molar-refractivity contribution >= 4 is 55.4 Å². The maximum absolute atomic E-state index is 12.6. The number of halogens is 2. The number of hydrogen-bond acceptors (Lipinski definition) is 7. The number of aliphatic imine (C=N–C) groups is 2. The normalized spacial score (nSPS) is 19.1. The van der Waals surface area contributed by atoms with Crippen LogP contribution in [0.4, 0.5) is 5.69 Å². The van der Waals surface area contributed by atoms with Crippen LogP contribution >= 0.6 is 31.9 Å². The van der Waals surface area contributed by atoms with E-state index >= 15 is 0 Å². The Kier molecular flexibility index (Phi) is 5.57. The highest BCUT2D eigenvalue weighted by Crippen LogP contribution is 2.44. The third-order valence-electron chi connectivity index (χ3n) is 4.60. The first kappa shape index (κ1) is 19.2. The highest BCUT2D eigenvalue weighted by molar-refractivity contribution is 9.11. The van der Waals surface area contributed by atoms with E-state index in [1.165, 1.54) is 0 Å². The van der Waals surface area contributed by atoms with E-state index < -0.39 is 11.6 Å². The van der Waals surface area contributed by atoms with E-state index in [0.717, 1.165) is 36.6 Å². The van der Waals surface area contributed by atoms with Gasteiger partial charge in [-0.05, 0) is 60.7 Å². The van der Waals surface area contributed by atoms with E-state index in [4.69, 9.17) is 16.2 Å². The topological polar surface area (TPSA) is 106 Å². The van der Waals surface area contributed by atoms with Crippen LogP contribution in [-0.4, -0.2) is 30.2 Å². The molecule has 0 atom stereocenters. The van der Waals surface area contributed by atoms with Gasteiger partial charge in [0.25, 0.3) is 0 Å². The molecule has 0 saturated heterocycles. The zero-order valence-corrected chi connectivity index (χ0v) is 17.6. The predicted octanol–water partition coefficient (Wildman–Crippen LogP) is 3.50. The lowest BCUT2D eigenvalue weighted by Gasteiger charge is -2.46. The van der Waals surface area contributed by atoms with Crippen molar-refractivity contribution in [2.75, 3.05) is 11.5 Å². The highest BCUT2D eigenvalue weighted by atomic mass is 79.9. The van der Waals surface area contributed by atoms with Gasteiger partial charge in [0.1, 0.15) is 5.66 Å². The van der Waals surface area contributed by atoms with Crippen LogP contribution in [0.5, 0.6) is 0 Å². The van der Waals surface area contributed by atoms with E-state index in [1.54, 1.807) is 13.0 Å². The van der Waals surface area contributed by atoms with Crippen LogP contribution in [0.15, 0.2) is 31.1 Å². The molecule has 9 heteroatoms. The Balaban J connectivity index is 2.20. The number of esters is 1. The maximum atomic E-state index is 12.6. The fraction of sp³-hybridized carbons (Fsp3) is 0.471. The smallest absolute Gasteiger partial charge is 0.340 e. The molecule has 1 spiro atoms. The van der Waals surface area contributed by atoms with Gasteiger partial charge in [-0.2, -0.15) is 4.99 Å². The number of hydrogen-bond donors (Lipinski definition) is 2. The summed E-state index contributed by atoms with van der Waals surface area (Å²) in [6.07, 6.45) is 4.71. The summed E-state index contributed by atoms with van der Waals surface area (Å²) in [5.74, 6) is -0.0228. The van der Waals surface area contributed by atoms with Crippen molar-refractivity contribution in [2.24, 2.45) is 21.5 Å². The quantitative estimate of drug-likeness (QED) is 0.636. The Morgan fingerprint density at radius 2 is 1.96 bits per heavy atom. The van der Waals surface area contributed by atoms with Gasteiger partial charge in [-0.3, -0.25) is 4.90 Å². The van der Waals surface area contributed by atoms with Gasteiger partial charge in [0.15, 0.2) is 0 Å². The number of carbonyl (C=O) groups is 1. The van der Waals surface area contributed by atoms with E-state index in [2.05, 4.69) is 41.8 Å². The summed E-state index contributed by atoms with van der Waals surface area (Å²) >= 11 is 7.01. The highest BCUT2D eigenvalue weighted by Gasteiger charge is 2.44. The van der Waals surface area contributed by atoms with Crippen molar-refractivity contribution < 1.29 is 9.53 Å². The molecule has 1 aliphatic heterocycles. The predicted molar refractivity (Wildman–Crippen MR) is 109 cm³/mol. The van der Waals surface area contributed by atoms with Crippen LogP contribution in [0, 0.1) is 0 Å². The monoisotopic (exact) mass is 485 g/mol. The molecule has 3 rings (SSSR count). The van der Waals surface area contributed by atoms with Crippen LogP contribution in [0.25, 0.3) is 0 Å². The largest absolute Gasteiger partial charge is 0.462 e. The number of benzene rings is 1. The second-order valence-electron chi connectivity index (χ2n) is 6.32. The third kappa shape index (κ3) is 3.46. The Morgan fingerprint density at radius 3 is 2.62 bits per heavy atom. The molecule has 0 bridgehead atoms. The van der Waals surface area contributed by atoms with Crippen LogP contribution in [0.3, 0.4) is 0 Å². The molecule has 1 heterocycles. The van der Waals surface area contributed by atoms with Gasteiger partial charge >= 0.3 is 5.97 Å². The maximum Gasteiger partial charge on any atom is 0.340 e. The number of nitrogens with zero attached hydrogens (tertiary/aromatic N) is 3. The molecule has 0 unspecified atom stereocenters. The number of nitrogens with two attached hydrogens (primary N) is 2. The van der Waals surface area contributed by atoms with E-state index in [9.17, 15) is 4.79 Å². The summed E-state index contributed by atoms with van der Waals surface area (Å²) in [6.45, 7) is 2.05. The molecule has 0 amide bonds. The molecule has 1 aliphatic carbocycles. The zero-order chi connectivity index (χ0) is 18.9. The first-order valence-electron chi connectivity index (χ1n) is 8.54. The first-order valence-corrected chi connectivity index (χ1v) is 10.1. The van der Waals surface area contributed by atoms with Crippen molar-refractivity contribution in [2.45, 2.75) is 44.7 Å². The molecule has 1 saturated carbocycles. The SMILES string of the molecule is CCOC(=O)c1cc(Br)cc(Br)c1N1C(N)=NC(N)=NC12CCCCC2. The molecule has 0 aromatic heterocycles. The summed E-state index contributed by atoms with van der Waals surface area (Å²) in [7, 11) is 0. The second-order valence-corrected chi connectivity index (χ2v) is 8.09. The number of ether oxygens (including phenoxy) is 1. The molecule has 26 heavy (non-hydrogen) atoms. The minimum absolute atomic E-state index is 0.173. The Hall–Kier alpha value is -1.61. The molecule has 1 aromatic carbocycles. The summed E-state index contributed by atoms with van der Waals surface area (Å²) in [5.41, 5.74) is 12.6. The summed E-state index contributed by atoms with van der Waals surface area (Å²) < 4.78 is 6.71. The third-order valence-corrected chi connectivity index (χ3v) is 5.66. The van der Waals surface area contributed by atoms with Crippen molar-refractivity contribution in [3.8, 4) is 0 Å². The van der Waals surface area contributed by atoms with Gasteiger partial charge in [-0.15, -0.1) is 0 Å². The van der Waals surface area contributed by atoms with Gasteiger partial charge in [0.2, 0.25) is 11.9 Å². The Labute approximate surface area is 169 Å². The van der Waals surface area contributed by atoms with Crippen LogP contribution in [0.2, 0.25) is 0 Å². The minimum Gasteiger partial charge on any atom is -0.462 e. The zero-order valence-electron chi connectivity index (χ0n) is 14.5. The molecular weight excluding hydrogens is 466 g/mol. The summed E-state index contributed by atoms with van der Waals surface area (Å²) in [4.78, 5) is 23.3. The fourth-order valence-corrected chi connectivity index (χ4v) is 5.01. The molecule has 0 radical (unpaired) electrons. The van der Waals surface area contributed by atoms with Gasteiger partial charge < -0.3 is 16.2 Å². The molecule has 7 nitrogen and oxygen atoms in total. The number of guanidine groups is 2. The summed E-state index contributed by atoms with van der Waals surface area (Å²) in [5, 5.41) is 0. The molecule has 140 valence electrons. The molecular formula is C17H21Br2N5O2. The van der Waals surface area contributed by atoms with Crippen LogP contribution < -0.4 is 16.4 Å². The average molecular weight is 487 g/mol. The van der Waals surface area contributed by atoms with Crippen molar-refractivity contribution in [1.82, 2.24) is 0 Å². The molecule has 4 N–H and O–H groups in total. The van der Waals surface area contributed by atoms with Crippen LogP contribution in [0.1, 0.15) is 49.4 Å². The Morgan fingerprint density at radius 1 is 1.27 bits per heavy atom. The molecule has 1 fully saturated rings. The van der Waals surface area contributed by atoms with E-state index in [0.29, 0.717) is 15.7 Å². The van der Waals surface area contributed by atoms with Crippen LogP contribution in [-0.2, 0) is 4.74 Å². The average Bonchev–Trinajstić information content (AvgIpc) is 2.56. The first-order chi connectivity index (χ1) is 12.4. The lowest BCUT2D eigenvalue weighted by atomic mass is 9.87. The van der Waals surface area contributed by atoms with Gasteiger partial charge in [-0.25, -0.2) is 9.79 Å². The van der Waals surface area contributed by atoms with Crippen molar-refractivity contribution in [3.05, 3.63) is 26.6 Å². The number of rotatable bonds is 3. The number of carbonyl (C=O) groups excluding carboxylic acids is 1. The second kappa shape index (κ2) is 7.56. The van der Waals surface area contributed by atoms with Gasteiger partial charge in [0, 0.05) is 8.95 Å². The fourth-order valence-electron chi connectivity index (χ4n) is 3.60. The molecule has 1 aromatic rings. The lowest BCUT2D eigenvalue weighted by Crippen LogP contribution is -2.58. The van der Waals surface area contributed by atoms with Crippen molar-refractivity contribution in [1.29, 1.82) is 0 Å². The standard InChI is InChI=1S/C17H21Br2N5O2/c1-2-26-14(25)11-8-10(18)9-12(19)13(11)24-16(21)22-15(20)23-17(24)6-4-3-5-7-17/h8-9H,2-7H2,1H3,(H4,20,21,22,23). The van der Waals surface area contributed by atoms with Crippen molar-refractivity contribution in [3.63, 3.8) is 0 Å². The minimum atomic E-state index is -0.633. The van der Waals surface area contributed by atoms with E-state index in [-0.39, 0.29) is 18.5 Å².